The van der Waals surface area contributed by atoms with E-state index in [0.717, 1.165) is 26.1 Å². The molecule has 2 aliphatic heterocycles. The topological polar surface area (TPSA) is 172 Å². The first-order chi connectivity index (χ1) is 15.8. The molecule has 2 aromatic rings. The van der Waals surface area contributed by atoms with Gasteiger partial charge in [-0.2, -0.15) is 0 Å². The van der Waals surface area contributed by atoms with Gasteiger partial charge in [-0.25, -0.2) is 9.97 Å². The summed E-state index contributed by atoms with van der Waals surface area (Å²) >= 11 is 3.80. The van der Waals surface area contributed by atoms with Crippen molar-refractivity contribution < 1.29 is 58.6 Å². The summed E-state index contributed by atoms with van der Waals surface area (Å²) in [4.78, 5) is 52.1. The molecule has 4 heterocycles. The van der Waals surface area contributed by atoms with Crippen LogP contribution in [0.3, 0.4) is 0 Å². The molecule has 4 rings (SSSR count). The molecule has 0 radical (unpaired) electrons. The second-order valence-electron chi connectivity index (χ2n) is 6.75. The number of rotatable bonds is 8. The van der Waals surface area contributed by atoms with Gasteiger partial charge in [-0.15, -0.1) is 34.4 Å². The number of hydrogen-bond donors (Lipinski definition) is 2. The van der Waals surface area contributed by atoms with Crippen molar-refractivity contribution in [2.75, 3.05) is 18.6 Å². The molecule has 0 saturated carbocycles. The molecule has 2 aromatic heterocycles. The Morgan fingerprint density at radius 1 is 1.44 bits per heavy atom. The molecule has 0 bridgehead atoms. The van der Waals surface area contributed by atoms with Crippen molar-refractivity contribution in [3.05, 3.63) is 38.6 Å². The van der Waals surface area contributed by atoms with Crippen LogP contribution in [-0.2, 0) is 30.6 Å². The van der Waals surface area contributed by atoms with Crippen LogP contribution in [0, 0.1) is 6.92 Å². The Morgan fingerprint density at radius 3 is 2.79 bits per heavy atom. The summed E-state index contributed by atoms with van der Waals surface area (Å²) in [7, 11) is 1.27. The van der Waals surface area contributed by atoms with E-state index in [1.165, 1.54) is 35.6 Å². The van der Waals surface area contributed by atoms with Crippen LogP contribution in [0.2, 0.25) is 0 Å². The van der Waals surface area contributed by atoms with Crippen molar-refractivity contribution in [1.29, 1.82) is 0 Å². The van der Waals surface area contributed by atoms with Crippen LogP contribution in [0.25, 0.3) is 0 Å². The van der Waals surface area contributed by atoms with Gasteiger partial charge in [-0.05, 0) is 6.92 Å². The van der Waals surface area contributed by atoms with Crippen LogP contribution < -0.4 is 45.7 Å². The third-order valence-corrected chi connectivity index (χ3v) is 7.45. The van der Waals surface area contributed by atoms with Crippen molar-refractivity contribution in [1.82, 2.24) is 20.2 Å². The second kappa shape index (κ2) is 11.0. The average molecular weight is 533 g/mol. The van der Waals surface area contributed by atoms with Crippen LogP contribution in [0.15, 0.2) is 28.2 Å². The predicted molar refractivity (Wildman–Crippen MR) is 119 cm³/mol. The molecular weight excluding hydrogens is 515 g/mol. The fourth-order valence-electron chi connectivity index (χ4n) is 3.22. The Labute approximate surface area is 227 Å². The number of carboxylic acid groups (broad SMARTS) is 1. The van der Waals surface area contributed by atoms with E-state index in [1.807, 2.05) is 6.92 Å². The van der Waals surface area contributed by atoms with Crippen molar-refractivity contribution in [3.8, 4) is 0 Å². The summed E-state index contributed by atoms with van der Waals surface area (Å²) in [5, 5.41) is 20.1. The molecule has 12 nitrogen and oxygen atoms in total. The number of anilines is 1. The van der Waals surface area contributed by atoms with Gasteiger partial charge in [0.1, 0.15) is 42.3 Å². The molecule has 174 valence electrons. The molecule has 0 unspecified atom stereocenters. The van der Waals surface area contributed by atoms with E-state index in [9.17, 15) is 19.5 Å². The molecule has 16 heteroatoms. The van der Waals surface area contributed by atoms with Gasteiger partial charge < -0.3 is 30.5 Å². The minimum absolute atomic E-state index is 0. The third kappa shape index (κ3) is 5.23. The number of aliphatic carboxylic acids is 1. The molecule has 0 aliphatic carbocycles. The Hall–Kier alpha value is -2.17. The quantitative estimate of drug-likeness (QED) is 0.150. The Balaban J connectivity index is 0.00000324. The number of carbonyl (C=O) groups is 3. The SMILES string of the molecule is CO/N=C(\C(=O)N[C@@H]1C(=O)N2C(C(=O)[O-])=C(OCc3cnc(C)s3)CS[C@H]12)c1csc(N)n1.[Na+]. The number of aromatic nitrogens is 2. The van der Waals surface area contributed by atoms with Crippen LogP contribution in [0.1, 0.15) is 15.6 Å². The van der Waals surface area contributed by atoms with Crippen LogP contribution in [0.5, 0.6) is 0 Å². The smallest absolute Gasteiger partial charge is 0.543 e. The molecule has 1 saturated heterocycles. The summed E-state index contributed by atoms with van der Waals surface area (Å²) in [5.41, 5.74) is 5.32. The van der Waals surface area contributed by atoms with E-state index in [4.69, 9.17) is 15.3 Å². The number of aryl methyl sites for hydroxylation is 1. The van der Waals surface area contributed by atoms with E-state index in [2.05, 4.69) is 20.4 Å². The zero-order valence-electron chi connectivity index (χ0n) is 18.3. The number of nitrogens with zero attached hydrogens (tertiary/aromatic N) is 4. The number of thioether (sulfide) groups is 1. The van der Waals surface area contributed by atoms with Gasteiger partial charge in [0.25, 0.3) is 11.8 Å². The number of β-lactam (4-membered cyclic amide) rings is 1. The summed E-state index contributed by atoms with van der Waals surface area (Å²) < 4.78 is 5.68. The number of thiazole rings is 2. The minimum atomic E-state index is -1.53. The zero-order chi connectivity index (χ0) is 23.7. The number of fused-ring (bicyclic) bond motifs is 1. The number of nitrogen functional groups attached to an aromatic ring is 1. The zero-order valence-corrected chi connectivity index (χ0v) is 22.7. The first-order valence-electron chi connectivity index (χ1n) is 9.36. The fourth-order valence-corrected chi connectivity index (χ4v) is 5.76. The Bertz CT molecular complexity index is 1180. The number of nitrogens with one attached hydrogen (secondary N) is 1. The van der Waals surface area contributed by atoms with E-state index in [-0.39, 0.29) is 69.9 Å². The van der Waals surface area contributed by atoms with Gasteiger partial charge >= 0.3 is 29.6 Å². The number of carboxylic acids is 1. The summed E-state index contributed by atoms with van der Waals surface area (Å²) in [6.45, 7) is 1.97. The van der Waals surface area contributed by atoms with E-state index < -0.39 is 29.2 Å². The molecule has 34 heavy (non-hydrogen) atoms. The number of ether oxygens (including phenoxy) is 1. The predicted octanol–water partition coefficient (Wildman–Crippen LogP) is -3.58. The van der Waals surface area contributed by atoms with Gasteiger partial charge in [0.15, 0.2) is 10.8 Å². The fraction of sp³-hybridized carbons (Fsp3) is 0.333. The maximum atomic E-state index is 12.8. The first-order valence-corrected chi connectivity index (χ1v) is 12.1. The molecule has 2 atom stereocenters. The molecular formula is C18H17N6NaO6S3. The molecule has 3 N–H and O–H groups in total. The molecule has 2 amide bonds. The van der Waals surface area contributed by atoms with Crippen LogP contribution in [0.4, 0.5) is 5.13 Å². The third-order valence-electron chi connectivity index (χ3n) is 4.63. The monoisotopic (exact) mass is 532 g/mol. The maximum Gasteiger partial charge on any atom is 1.00 e. The van der Waals surface area contributed by atoms with Gasteiger partial charge in [0, 0.05) is 11.6 Å². The first kappa shape index (κ1) is 26.4. The van der Waals surface area contributed by atoms with Gasteiger partial charge in [-0.3, -0.25) is 14.5 Å². The van der Waals surface area contributed by atoms with E-state index in [1.54, 1.807) is 6.20 Å². The number of nitrogens with two attached hydrogens (primary N) is 1. The summed E-state index contributed by atoms with van der Waals surface area (Å²) in [5.74, 6) is -2.54. The molecule has 0 aromatic carbocycles. The van der Waals surface area contributed by atoms with Crippen molar-refractivity contribution >= 4 is 63.1 Å². The number of oxime groups is 1. The van der Waals surface area contributed by atoms with Crippen molar-refractivity contribution in [2.24, 2.45) is 5.16 Å². The summed E-state index contributed by atoms with van der Waals surface area (Å²) in [6, 6.07) is -0.972. The standard InChI is InChI=1S/C18H18N6O6S3.Na/c1-7-20-3-8(33-7)4-30-10-6-31-16-12(15(26)24(16)13(10)17(27)28)22-14(25)11(23-29-2)9-5-32-18(19)21-9;/h3,5,12,16H,4,6H2,1-2H3,(H2,19,21)(H,22,25)(H,27,28);/q;+1/p-1/b23-11-;/t12-,16-;/m1./s1. The van der Waals surface area contributed by atoms with Crippen LogP contribution >= 0.6 is 34.4 Å². The largest absolute Gasteiger partial charge is 1.00 e. The van der Waals surface area contributed by atoms with Crippen molar-refractivity contribution in [3.63, 3.8) is 0 Å². The van der Waals surface area contributed by atoms with E-state index >= 15 is 0 Å². The number of hydrogen-bond acceptors (Lipinski definition) is 13. The maximum absolute atomic E-state index is 12.8. The molecule has 1 fully saturated rings. The van der Waals surface area contributed by atoms with Gasteiger partial charge in [-0.1, -0.05) is 5.16 Å². The normalized spacial score (nSPS) is 19.6. The Morgan fingerprint density at radius 2 is 2.21 bits per heavy atom. The molecule has 2 aliphatic rings. The molecule has 0 spiro atoms. The minimum Gasteiger partial charge on any atom is -0.543 e. The van der Waals surface area contributed by atoms with Crippen LogP contribution in [-0.4, -0.2) is 62.6 Å². The Kier molecular flexibility index (Phi) is 8.59. The number of amides is 2. The van der Waals surface area contributed by atoms with Gasteiger partial charge in [0.05, 0.1) is 21.6 Å². The average Bonchev–Trinajstić information content (AvgIpc) is 3.40. The summed E-state index contributed by atoms with van der Waals surface area (Å²) in [6.07, 6.45) is 1.65. The van der Waals surface area contributed by atoms with E-state index in [0.29, 0.717) is 0 Å². The number of carbonyl (C=O) groups excluding carboxylic acids is 3. The van der Waals surface area contributed by atoms with Crippen molar-refractivity contribution in [2.45, 2.75) is 24.9 Å². The van der Waals surface area contributed by atoms with Gasteiger partial charge in [0.2, 0.25) is 0 Å². The second-order valence-corrected chi connectivity index (χ2v) is 10.1.